The predicted octanol–water partition coefficient (Wildman–Crippen LogP) is 5.83. The Labute approximate surface area is 202 Å². The van der Waals surface area contributed by atoms with Gasteiger partial charge in [0.15, 0.2) is 0 Å². The van der Waals surface area contributed by atoms with Gasteiger partial charge in [-0.1, -0.05) is 39.3 Å². The number of nitrogens with zero attached hydrogens (tertiary/aromatic N) is 2. The average molecular weight is 472 g/mol. The molecule has 1 aromatic heterocycles. The second-order valence-corrected chi connectivity index (χ2v) is 10.3. The summed E-state index contributed by atoms with van der Waals surface area (Å²) in [7, 11) is 0. The first-order valence-electron chi connectivity index (χ1n) is 11.6. The lowest BCUT2D eigenvalue weighted by Gasteiger charge is -2.30. The van der Waals surface area contributed by atoms with E-state index in [1.165, 1.54) is 11.3 Å². The van der Waals surface area contributed by atoms with E-state index in [0.717, 1.165) is 22.6 Å². The van der Waals surface area contributed by atoms with Crippen molar-refractivity contribution in [2.75, 3.05) is 12.3 Å². The molecule has 1 N–H and O–H groups in total. The topological polar surface area (TPSA) is 71.5 Å². The molecule has 6 nitrogen and oxygen atoms in total. The largest absolute Gasteiger partial charge is 0.444 e. The van der Waals surface area contributed by atoms with Crippen molar-refractivity contribution in [2.24, 2.45) is 0 Å². The van der Waals surface area contributed by atoms with Crippen LogP contribution in [0.4, 0.5) is 4.79 Å². The first kappa shape index (κ1) is 26.7. The number of ether oxygens (including phenoxy) is 1. The lowest BCUT2D eigenvalue weighted by molar-refractivity contribution is 0.0220. The number of hydrogen-bond donors (Lipinski definition) is 1. The molecule has 0 bridgehead atoms. The number of fused-ring (bicyclic) bond motifs is 1. The second-order valence-electron chi connectivity index (χ2n) is 8.95. The lowest BCUT2D eigenvalue weighted by Crippen LogP contribution is -2.40. The van der Waals surface area contributed by atoms with Crippen molar-refractivity contribution in [3.8, 4) is 0 Å². The van der Waals surface area contributed by atoms with Gasteiger partial charge in [0, 0.05) is 24.2 Å². The van der Waals surface area contributed by atoms with Crippen molar-refractivity contribution in [3.63, 3.8) is 0 Å². The lowest BCUT2D eigenvalue weighted by atomic mass is 10.0. The van der Waals surface area contributed by atoms with E-state index in [9.17, 15) is 9.59 Å². The fourth-order valence-electron chi connectivity index (χ4n) is 3.17. The first-order valence-corrected chi connectivity index (χ1v) is 12.6. The molecule has 2 aromatic rings. The third-order valence-electron chi connectivity index (χ3n) is 4.65. The summed E-state index contributed by atoms with van der Waals surface area (Å²) in [5.74, 6) is 0.892. The molecule has 1 aromatic carbocycles. The van der Waals surface area contributed by atoms with E-state index >= 15 is 0 Å². The van der Waals surface area contributed by atoms with E-state index in [-0.39, 0.29) is 12.0 Å². The summed E-state index contributed by atoms with van der Waals surface area (Å²) in [6.45, 7) is 13.4. The van der Waals surface area contributed by atoms with Crippen LogP contribution in [0.25, 0.3) is 0 Å². The Balaban J connectivity index is 0.00000122. The zero-order valence-corrected chi connectivity index (χ0v) is 21.6. The molecule has 0 spiro atoms. The van der Waals surface area contributed by atoms with Crippen molar-refractivity contribution >= 4 is 23.8 Å². The summed E-state index contributed by atoms with van der Waals surface area (Å²) >= 11 is 1.79. The maximum atomic E-state index is 12.6. The maximum absolute atomic E-state index is 12.6. The van der Waals surface area contributed by atoms with E-state index in [2.05, 4.69) is 43.2 Å². The molecule has 180 valence electrons. The molecule has 0 atom stereocenters. The molecule has 3 rings (SSSR count). The number of carbonyl (C=O) groups is 2. The molecule has 0 unspecified atom stereocenters. The summed E-state index contributed by atoms with van der Waals surface area (Å²) in [6.07, 6.45) is 3.15. The van der Waals surface area contributed by atoms with Gasteiger partial charge in [0.2, 0.25) is 0 Å². The summed E-state index contributed by atoms with van der Waals surface area (Å²) in [5.41, 5.74) is 2.89. The highest BCUT2D eigenvalue weighted by molar-refractivity contribution is 7.99. The minimum Gasteiger partial charge on any atom is -0.444 e. The highest BCUT2D eigenvalue weighted by Gasteiger charge is 2.26. The highest BCUT2D eigenvalue weighted by Crippen LogP contribution is 2.21. The van der Waals surface area contributed by atoms with E-state index in [1.54, 1.807) is 22.9 Å². The first-order chi connectivity index (χ1) is 15.7. The van der Waals surface area contributed by atoms with Gasteiger partial charge in [-0.2, -0.15) is 0 Å². The summed E-state index contributed by atoms with van der Waals surface area (Å²) in [5, 5.41) is 2.96. The number of benzene rings is 1. The van der Waals surface area contributed by atoms with E-state index in [1.807, 2.05) is 39.0 Å². The second kappa shape index (κ2) is 12.6. The molecule has 0 aliphatic carbocycles. The van der Waals surface area contributed by atoms with Crippen LogP contribution in [0.1, 0.15) is 75.1 Å². The van der Waals surface area contributed by atoms with Crippen LogP contribution in [0.15, 0.2) is 41.4 Å². The molecule has 0 radical (unpaired) electrons. The minimum atomic E-state index is -0.526. The number of carbonyl (C=O) groups excluding carboxylic acids is 2. The Hall–Kier alpha value is -2.54. The van der Waals surface area contributed by atoms with Gasteiger partial charge in [0.25, 0.3) is 5.91 Å². The van der Waals surface area contributed by atoms with E-state index < -0.39 is 5.60 Å². The standard InChI is InChI=1S/C23H29N3O3S.C3H8/c1-5-30-19-8-6-16(7-9-19)13-25-21(27)18-12-17-10-11-26(15-20(17)24-14-18)22(28)29-23(2,3)4;1-3-2/h6-9,12,14H,5,10-11,13,15H2,1-4H3,(H,25,27);3H2,1-2H3. The molecule has 33 heavy (non-hydrogen) atoms. The molecule has 7 heteroatoms. The number of thioether (sulfide) groups is 1. The SMILES string of the molecule is CCC.CCSc1ccc(CNC(=O)c2cnc3c(c2)CCN(C(=O)OC(C)(C)C)C3)cc1. The maximum Gasteiger partial charge on any atom is 0.410 e. The van der Waals surface area contributed by atoms with Crippen molar-refractivity contribution < 1.29 is 14.3 Å². The normalized spacial score (nSPS) is 12.8. The van der Waals surface area contributed by atoms with Crippen LogP contribution in [0.3, 0.4) is 0 Å². The number of hydrogen-bond acceptors (Lipinski definition) is 5. The van der Waals surface area contributed by atoms with Gasteiger partial charge in [-0.3, -0.25) is 9.78 Å². The van der Waals surface area contributed by atoms with Crippen LogP contribution >= 0.6 is 11.8 Å². The van der Waals surface area contributed by atoms with Crippen LogP contribution in [-0.2, 0) is 24.2 Å². The molecule has 0 saturated carbocycles. The number of rotatable bonds is 5. The monoisotopic (exact) mass is 471 g/mol. The molecule has 0 saturated heterocycles. The summed E-state index contributed by atoms with van der Waals surface area (Å²) < 4.78 is 5.44. The van der Waals surface area contributed by atoms with Gasteiger partial charge in [-0.25, -0.2) is 4.79 Å². The Morgan fingerprint density at radius 3 is 2.42 bits per heavy atom. The summed E-state index contributed by atoms with van der Waals surface area (Å²) in [6, 6.07) is 10.1. The van der Waals surface area contributed by atoms with Crippen LogP contribution in [0, 0.1) is 0 Å². The van der Waals surface area contributed by atoms with Gasteiger partial charge in [-0.15, -0.1) is 11.8 Å². The zero-order valence-electron chi connectivity index (χ0n) is 20.7. The van der Waals surface area contributed by atoms with Gasteiger partial charge in [0.05, 0.1) is 17.8 Å². The van der Waals surface area contributed by atoms with Crippen molar-refractivity contribution in [3.05, 3.63) is 58.9 Å². The smallest absolute Gasteiger partial charge is 0.410 e. The van der Waals surface area contributed by atoms with E-state index in [0.29, 0.717) is 31.6 Å². The zero-order chi connectivity index (χ0) is 24.4. The number of nitrogens with one attached hydrogen (secondary N) is 1. The van der Waals surface area contributed by atoms with Crippen LogP contribution in [0.5, 0.6) is 0 Å². The van der Waals surface area contributed by atoms with Gasteiger partial charge in [0.1, 0.15) is 5.60 Å². The molecule has 1 aliphatic rings. The third kappa shape index (κ3) is 8.72. The van der Waals surface area contributed by atoms with Crippen molar-refractivity contribution in [1.29, 1.82) is 0 Å². The molecular weight excluding hydrogens is 434 g/mol. The van der Waals surface area contributed by atoms with Crippen LogP contribution in [-0.4, -0.2) is 39.8 Å². The van der Waals surface area contributed by atoms with Gasteiger partial charge in [-0.05, 0) is 62.3 Å². The van der Waals surface area contributed by atoms with Crippen LogP contribution in [0.2, 0.25) is 0 Å². The quantitative estimate of drug-likeness (QED) is 0.555. The molecule has 0 fully saturated rings. The minimum absolute atomic E-state index is 0.146. The number of amides is 2. The number of pyridine rings is 1. The Morgan fingerprint density at radius 1 is 1.15 bits per heavy atom. The fourth-order valence-corrected chi connectivity index (χ4v) is 3.84. The van der Waals surface area contributed by atoms with Gasteiger partial charge >= 0.3 is 6.09 Å². The molecule has 2 heterocycles. The summed E-state index contributed by atoms with van der Waals surface area (Å²) in [4.78, 5) is 32.2. The Morgan fingerprint density at radius 2 is 1.82 bits per heavy atom. The van der Waals surface area contributed by atoms with Crippen molar-refractivity contribution in [2.45, 2.75) is 78.0 Å². The highest BCUT2D eigenvalue weighted by atomic mass is 32.2. The average Bonchev–Trinajstić information content (AvgIpc) is 2.77. The molecule has 2 amide bonds. The number of aromatic nitrogens is 1. The van der Waals surface area contributed by atoms with Gasteiger partial charge < -0.3 is 15.0 Å². The molecule has 1 aliphatic heterocycles. The predicted molar refractivity (Wildman–Crippen MR) is 135 cm³/mol. The molecular formula is C26H37N3O3S. The van der Waals surface area contributed by atoms with E-state index in [4.69, 9.17) is 4.74 Å². The Bertz CT molecular complexity index is 923. The fraction of sp³-hybridized carbons (Fsp3) is 0.500. The van der Waals surface area contributed by atoms with Crippen molar-refractivity contribution in [1.82, 2.24) is 15.2 Å². The third-order valence-corrected chi connectivity index (χ3v) is 5.55. The van der Waals surface area contributed by atoms with Crippen LogP contribution < -0.4 is 5.32 Å². The Kier molecular flexibility index (Phi) is 10.2.